The molecule has 196 valence electrons. The number of carboxylic acid groups (broad SMARTS) is 1. The first-order chi connectivity index (χ1) is 17.2. The number of hydrogen-bond donors (Lipinski definition) is 2. The van der Waals surface area contributed by atoms with E-state index in [1.165, 1.54) is 18.3 Å². The summed E-state index contributed by atoms with van der Waals surface area (Å²) in [5.41, 5.74) is -0.989. The van der Waals surface area contributed by atoms with Gasteiger partial charge in [0, 0.05) is 29.9 Å². The van der Waals surface area contributed by atoms with Crippen LogP contribution in [0.2, 0.25) is 5.02 Å². The molecule has 0 saturated carbocycles. The number of rotatable bonds is 7. The number of nitrogens with one attached hydrogen (secondary N) is 1. The minimum absolute atomic E-state index is 0.00189. The summed E-state index contributed by atoms with van der Waals surface area (Å²) in [6, 6.07) is 13.2. The van der Waals surface area contributed by atoms with Crippen molar-refractivity contribution < 1.29 is 32.6 Å². The van der Waals surface area contributed by atoms with Crippen LogP contribution >= 0.6 is 11.6 Å². The van der Waals surface area contributed by atoms with Crippen LogP contribution in [-0.2, 0) is 17.4 Å². The molecule has 0 saturated heterocycles. The van der Waals surface area contributed by atoms with E-state index >= 15 is 0 Å². The summed E-state index contributed by atoms with van der Waals surface area (Å²) in [5, 5.41) is 11.6. The number of ether oxygens (including phenoxy) is 1. The van der Waals surface area contributed by atoms with Gasteiger partial charge in [-0.15, -0.1) is 0 Å². The number of anilines is 2. The lowest BCUT2D eigenvalue weighted by Crippen LogP contribution is -2.45. The molecular weight excluding hydrogens is 511 g/mol. The number of halogens is 4. The molecule has 0 aliphatic rings. The first-order valence-electron chi connectivity index (χ1n) is 11.2. The molecule has 1 aromatic heterocycles. The SMILES string of the molecule is CC(C)(C)N(C(=O)O)c1cc(Oc2cccc(CCC(=O)Nc3ccc(Cl)c(C(F)(F)F)c3)c2)ccn1. The van der Waals surface area contributed by atoms with Crippen molar-refractivity contribution in [3.8, 4) is 11.5 Å². The van der Waals surface area contributed by atoms with Crippen LogP contribution in [0.5, 0.6) is 11.5 Å². The highest BCUT2D eigenvalue weighted by Gasteiger charge is 2.33. The molecule has 0 atom stereocenters. The fraction of sp³-hybridized carbons (Fsp3) is 0.269. The highest BCUT2D eigenvalue weighted by molar-refractivity contribution is 6.31. The number of aromatic nitrogens is 1. The Bertz CT molecular complexity index is 1290. The van der Waals surface area contributed by atoms with E-state index < -0.39 is 34.3 Å². The maximum Gasteiger partial charge on any atom is 0.417 e. The minimum Gasteiger partial charge on any atom is -0.465 e. The summed E-state index contributed by atoms with van der Waals surface area (Å²) in [7, 11) is 0. The largest absolute Gasteiger partial charge is 0.465 e. The molecule has 2 N–H and O–H groups in total. The number of pyridine rings is 1. The van der Waals surface area contributed by atoms with Gasteiger partial charge in [0.05, 0.1) is 10.6 Å². The highest BCUT2D eigenvalue weighted by Crippen LogP contribution is 2.36. The smallest absolute Gasteiger partial charge is 0.417 e. The van der Waals surface area contributed by atoms with Gasteiger partial charge in [-0.2, -0.15) is 13.2 Å². The second-order valence-electron chi connectivity index (χ2n) is 9.13. The molecule has 0 radical (unpaired) electrons. The molecular formula is C26H25ClF3N3O4. The first kappa shape index (κ1) is 27.8. The van der Waals surface area contributed by atoms with E-state index in [-0.39, 0.29) is 17.9 Å². The van der Waals surface area contributed by atoms with E-state index in [1.54, 1.807) is 51.1 Å². The first-order valence-corrected chi connectivity index (χ1v) is 11.5. The van der Waals surface area contributed by atoms with Crippen LogP contribution in [0.15, 0.2) is 60.8 Å². The maximum atomic E-state index is 13.0. The minimum atomic E-state index is -4.63. The second kappa shape index (κ2) is 11.1. The van der Waals surface area contributed by atoms with Crippen molar-refractivity contribution in [1.29, 1.82) is 0 Å². The molecule has 0 bridgehead atoms. The molecule has 0 spiro atoms. The Kier molecular flexibility index (Phi) is 8.32. The van der Waals surface area contributed by atoms with Crippen LogP contribution in [0.1, 0.15) is 38.3 Å². The number of alkyl halides is 3. The van der Waals surface area contributed by atoms with E-state index in [0.29, 0.717) is 17.9 Å². The Balaban J connectivity index is 1.65. The highest BCUT2D eigenvalue weighted by atomic mass is 35.5. The third-order valence-corrected chi connectivity index (χ3v) is 5.47. The van der Waals surface area contributed by atoms with Crippen molar-refractivity contribution in [3.05, 3.63) is 76.9 Å². The van der Waals surface area contributed by atoms with Crippen LogP contribution in [0.4, 0.5) is 29.5 Å². The summed E-state index contributed by atoms with van der Waals surface area (Å²) in [6.45, 7) is 5.24. The summed E-state index contributed by atoms with van der Waals surface area (Å²) >= 11 is 5.61. The lowest BCUT2D eigenvalue weighted by Gasteiger charge is -2.32. The van der Waals surface area contributed by atoms with Gasteiger partial charge in [0.15, 0.2) is 0 Å². The second-order valence-corrected chi connectivity index (χ2v) is 9.54. The van der Waals surface area contributed by atoms with Crippen LogP contribution in [0.25, 0.3) is 0 Å². The zero-order valence-electron chi connectivity index (χ0n) is 20.3. The van der Waals surface area contributed by atoms with Crippen molar-refractivity contribution in [2.45, 2.75) is 45.3 Å². The Hall–Kier alpha value is -3.79. The van der Waals surface area contributed by atoms with Gasteiger partial charge < -0.3 is 15.2 Å². The number of amides is 2. The van der Waals surface area contributed by atoms with E-state index in [4.69, 9.17) is 16.3 Å². The predicted molar refractivity (Wildman–Crippen MR) is 134 cm³/mol. The van der Waals surface area contributed by atoms with E-state index in [9.17, 15) is 27.9 Å². The van der Waals surface area contributed by atoms with Gasteiger partial charge in [0.2, 0.25) is 5.91 Å². The summed E-state index contributed by atoms with van der Waals surface area (Å²) in [5.74, 6) is 0.580. The normalized spacial score (nSPS) is 11.6. The fourth-order valence-electron chi connectivity index (χ4n) is 3.52. The van der Waals surface area contributed by atoms with Gasteiger partial charge in [-0.1, -0.05) is 23.7 Å². The van der Waals surface area contributed by atoms with Crippen molar-refractivity contribution >= 4 is 35.1 Å². The van der Waals surface area contributed by atoms with E-state index in [2.05, 4.69) is 10.3 Å². The Morgan fingerprint density at radius 2 is 1.76 bits per heavy atom. The van der Waals surface area contributed by atoms with Crippen LogP contribution in [0.3, 0.4) is 0 Å². The molecule has 3 aromatic rings. The summed E-state index contributed by atoms with van der Waals surface area (Å²) < 4.78 is 45.0. The standard InChI is InChI=1S/C26H25ClF3N3O4/c1-25(2,3)33(24(35)36)22-15-19(11-12-31-22)37-18-6-4-5-16(13-18)7-10-23(34)32-17-8-9-21(27)20(14-17)26(28,29)30/h4-6,8-9,11-15H,7,10H2,1-3H3,(H,32,34)(H,35,36). The number of hydrogen-bond acceptors (Lipinski definition) is 4. The number of carbonyl (C=O) groups excluding carboxylic acids is 1. The van der Waals surface area contributed by atoms with Crippen LogP contribution < -0.4 is 15.0 Å². The van der Waals surface area contributed by atoms with Gasteiger partial charge in [0.1, 0.15) is 17.3 Å². The van der Waals surface area contributed by atoms with Crippen molar-refractivity contribution in [1.82, 2.24) is 4.98 Å². The third-order valence-electron chi connectivity index (χ3n) is 5.14. The monoisotopic (exact) mass is 535 g/mol. The zero-order chi connectivity index (χ0) is 27.4. The maximum absolute atomic E-state index is 13.0. The lowest BCUT2D eigenvalue weighted by molar-refractivity contribution is -0.137. The molecule has 37 heavy (non-hydrogen) atoms. The quantitative estimate of drug-likeness (QED) is 0.329. The van der Waals surface area contributed by atoms with Crippen molar-refractivity contribution in [2.24, 2.45) is 0 Å². The number of benzene rings is 2. The molecule has 1 heterocycles. The van der Waals surface area contributed by atoms with Crippen molar-refractivity contribution in [3.63, 3.8) is 0 Å². The Morgan fingerprint density at radius 1 is 1.05 bits per heavy atom. The zero-order valence-corrected chi connectivity index (χ0v) is 21.0. The summed E-state index contributed by atoms with van der Waals surface area (Å²) in [6.07, 6.45) is -4.01. The molecule has 11 heteroatoms. The molecule has 0 aliphatic carbocycles. The molecule has 0 unspecified atom stereocenters. The predicted octanol–water partition coefficient (Wildman–Crippen LogP) is 7.40. The molecule has 2 aromatic carbocycles. The average molecular weight is 536 g/mol. The van der Waals surface area contributed by atoms with E-state index in [1.807, 2.05) is 0 Å². The fourth-order valence-corrected chi connectivity index (χ4v) is 3.74. The average Bonchev–Trinajstić information content (AvgIpc) is 2.77. The van der Waals surface area contributed by atoms with Gasteiger partial charge in [0.25, 0.3) is 0 Å². The van der Waals surface area contributed by atoms with Crippen LogP contribution in [0, 0.1) is 0 Å². The Labute approximate surface area is 216 Å². The molecule has 0 aliphatic heterocycles. The number of aryl methyl sites for hydroxylation is 1. The lowest BCUT2D eigenvalue weighted by atomic mass is 10.1. The van der Waals surface area contributed by atoms with Gasteiger partial charge in [-0.3, -0.25) is 9.69 Å². The molecule has 0 fully saturated rings. The van der Waals surface area contributed by atoms with Gasteiger partial charge in [-0.25, -0.2) is 9.78 Å². The molecule has 2 amide bonds. The topological polar surface area (TPSA) is 91.8 Å². The third kappa shape index (κ3) is 7.60. The number of carbonyl (C=O) groups is 2. The number of nitrogens with zero attached hydrogens (tertiary/aromatic N) is 2. The van der Waals surface area contributed by atoms with Gasteiger partial charge in [-0.05, 0) is 69.2 Å². The Morgan fingerprint density at radius 3 is 2.41 bits per heavy atom. The molecule has 3 rings (SSSR count). The van der Waals surface area contributed by atoms with Crippen molar-refractivity contribution in [2.75, 3.05) is 10.2 Å². The molecule has 7 nitrogen and oxygen atoms in total. The van der Waals surface area contributed by atoms with E-state index in [0.717, 1.165) is 22.6 Å². The van der Waals surface area contributed by atoms with Crippen LogP contribution in [-0.4, -0.2) is 27.6 Å². The summed E-state index contributed by atoms with van der Waals surface area (Å²) in [4.78, 5) is 29.3. The van der Waals surface area contributed by atoms with Gasteiger partial charge >= 0.3 is 12.3 Å².